The van der Waals surface area contributed by atoms with Gasteiger partial charge in [0.1, 0.15) is 6.61 Å². The molecular weight excluding hydrogens is 314 g/mol. The zero-order chi connectivity index (χ0) is 17.7. The second kappa shape index (κ2) is 7.87. The minimum absolute atomic E-state index is 0.0594. The van der Waals surface area contributed by atoms with Gasteiger partial charge < -0.3 is 14.8 Å². The molecule has 2 aliphatic heterocycles. The minimum Gasteiger partial charge on any atom is -0.497 e. The number of carbonyl (C=O) groups excluding carboxylic acids is 1. The highest BCUT2D eigenvalue weighted by atomic mass is 16.5. The van der Waals surface area contributed by atoms with Crippen molar-refractivity contribution in [2.24, 2.45) is 5.41 Å². The van der Waals surface area contributed by atoms with Crippen LogP contribution in [0.4, 0.5) is 0 Å². The van der Waals surface area contributed by atoms with E-state index in [1.165, 1.54) is 16.7 Å². The molecule has 4 nitrogen and oxygen atoms in total. The topological polar surface area (TPSA) is 47.6 Å². The Morgan fingerprint density at radius 3 is 2.92 bits per heavy atom. The summed E-state index contributed by atoms with van der Waals surface area (Å²) < 4.78 is 10.9. The first-order valence-corrected chi connectivity index (χ1v) is 9.11. The molecule has 4 heteroatoms. The van der Waals surface area contributed by atoms with Crippen molar-refractivity contribution in [2.45, 2.75) is 39.2 Å². The molecule has 0 saturated carbocycles. The first kappa shape index (κ1) is 17.7. The molecule has 0 amide bonds. The third kappa shape index (κ3) is 3.79. The summed E-state index contributed by atoms with van der Waals surface area (Å²) in [5, 5.41) is 3.55. The van der Waals surface area contributed by atoms with Crippen molar-refractivity contribution in [1.29, 1.82) is 0 Å². The average molecular weight is 341 g/mol. The van der Waals surface area contributed by atoms with Gasteiger partial charge in [-0.1, -0.05) is 30.3 Å². The Kier molecular flexibility index (Phi) is 5.59. The number of benzene rings is 1. The predicted molar refractivity (Wildman–Crippen MR) is 98.8 cm³/mol. The first-order chi connectivity index (χ1) is 12.1. The number of esters is 1. The molecular formula is C21H27NO3. The van der Waals surface area contributed by atoms with Crippen LogP contribution in [-0.2, 0) is 14.3 Å². The monoisotopic (exact) mass is 341 g/mol. The normalized spacial score (nSPS) is 26.2. The van der Waals surface area contributed by atoms with Crippen LogP contribution < -0.4 is 5.32 Å². The fourth-order valence-corrected chi connectivity index (χ4v) is 3.76. The van der Waals surface area contributed by atoms with Gasteiger partial charge in [0.05, 0.1) is 18.3 Å². The average Bonchev–Trinajstić information content (AvgIpc) is 2.65. The van der Waals surface area contributed by atoms with E-state index < -0.39 is 5.41 Å². The SMILES string of the molecule is CCOC(=O)C1(C)CCCNC1CC1=C(c2ccccc2)C=COC1. The summed E-state index contributed by atoms with van der Waals surface area (Å²) >= 11 is 0. The van der Waals surface area contributed by atoms with Crippen molar-refractivity contribution in [3.05, 3.63) is 53.8 Å². The van der Waals surface area contributed by atoms with Crippen LogP contribution in [0.1, 0.15) is 38.7 Å². The van der Waals surface area contributed by atoms with Crippen LogP contribution in [0, 0.1) is 5.41 Å². The quantitative estimate of drug-likeness (QED) is 0.830. The maximum Gasteiger partial charge on any atom is 0.313 e. The molecule has 2 heterocycles. The third-order valence-corrected chi connectivity index (χ3v) is 5.28. The van der Waals surface area contributed by atoms with Crippen molar-refractivity contribution >= 4 is 11.5 Å². The molecule has 1 N–H and O–H groups in total. The van der Waals surface area contributed by atoms with Crippen LogP contribution in [0.5, 0.6) is 0 Å². The number of hydrogen-bond acceptors (Lipinski definition) is 4. The van der Waals surface area contributed by atoms with Crippen LogP contribution in [0.2, 0.25) is 0 Å². The lowest BCUT2D eigenvalue weighted by molar-refractivity contribution is -0.158. The van der Waals surface area contributed by atoms with E-state index >= 15 is 0 Å². The molecule has 1 fully saturated rings. The molecule has 0 aromatic heterocycles. The second-order valence-corrected chi connectivity index (χ2v) is 6.95. The van der Waals surface area contributed by atoms with Crippen molar-refractivity contribution in [3.8, 4) is 0 Å². The zero-order valence-electron chi connectivity index (χ0n) is 15.1. The van der Waals surface area contributed by atoms with Crippen molar-refractivity contribution < 1.29 is 14.3 Å². The van der Waals surface area contributed by atoms with Crippen molar-refractivity contribution in [2.75, 3.05) is 19.8 Å². The Labute approximate surface area is 149 Å². The number of nitrogens with one attached hydrogen (secondary N) is 1. The highest BCUT2D eigenvalue weighted by molar-refractivity contribution is 5.79. The molecule has 1 saturated heterocycles. The van der Waals surface area contributed by atoms with Crippen molar-refractivity contribution in [3.63, 3.8) is 0 Å². The summed E-state index contributed by atoms with van der Waals surface area (Å²) in [7, 11) is 0. The Hall–Kier alpha value is -2.07. The lowest BCUT2D eigenvalue weighted by Gasteiger charge is -2.40. The standard InChI is InChI=1S/C21H27NO3/c1-3-25-20(23)21(2)11-7-12-22-19(21)14-17-15-24-13-10-18(17)16-8-5-4-6-9-16/h4-6,8-10,13,19,22H,3,7,11-12,14-15H2,1-2H3. The van der Waals surface area contributed by atoms with Gasteiger partial charge in [0.2, 0.25) is 0 Å². The minimum atomic E-state index is -0.496. The van der Waals surface area contributed by atoms with E-state index in [0.717, 1.165) is 25.8 Å². The lowest BCUT2D eigenvalue weighted by Crippen LogP contribution is -2.53. The maximum absolute atomic E-state index is 12.6. The Balaban J connectivity index is 1.88. The molecule has 25 heavy (non-hydrogen) atoms. The second-order valence-electron chi connectivity index (χ2n) is 6.95. The molecule has 0 bridgehead atoms. The largest absolute Gasteiger partial charge is 0.497 e. The van der Waals surface area contributed by atoms with E-state index in [1.54, 1.807) is 6.26 Å². The predicted octanol–water partition coefficient (Wildman–Crippen LogP) is 3.70. The third-order valence-electron chi connectivity index (χ3n) is 5.28. The molecule has 0 aliphatic carbocycles. The summed E-state index contributed by atoms with van der Waals surface area (Å²) in [5.74, 6) is -0.0960. The highest BCUT2D eigenvalue weighted by Gasteiger charge is 2.44. The Morgan fingerprint density at radius 1 is 1.36 bits per heavy atom. The summed E-state index contributed by atoms with van der Waals surface area (Å²) in [4.78, 5) is 12.6. The van der Waals surface area contributed by atoms with E-state index in [-0.39, 0.29) is 12.0 Å². The molecule has 2 unspecified atom stereocenters. The molecule has 2 atom stereocenters. The number of allylic oxidation sites excluding steroid dienone is 2. The number of carbonyl (C=O) groups is 1. The fraction of sp³-hybridized carbons (Fsp3) is 0.476. The summed E-state index contributed by atoms with van der Waals surface area (Å²) in [6.07, 6.45) is 6.41. The number of ether oxygens (including phenoxy) is 2. The Morgan fingerprint density at radius 2 is 2.16 bits per heavy atom. The number of piperidine rings is 1. The van der Waals surface area contributed by atoms with Gasteiger partial charge in [-0.15, -0.1) is 0 Å². The van der Waals surface area contributed by atoms with Crippen LogP contribution in [0.15, 0.2) is 48.2 Å². The molecule has 3 rings (SSSR count). The first-order valence-electron chi connectivity index (χ1n) is 9.11. The van der Waals surface area contributed by atoms with Crippen LogP contribution >= 0.6 is 0 Å². The molecule has 0 radical (unpaired) electrons. The number of rotatable bonds is 5. The molecule has 1 aromatic rings. The summed E-state index contributed by atoms with van der Waals surface area (Å²) in [5.41, 5.74) is 3.12. The molecule has 134 valence electrons. The molecule has 1 aromatic carbocycles. The van der Waals surface area contributed by atoms with Gasteiger partial charge >= 0.3 is 5.97 Å². The number of hydrogen-bond donors (Lipinski definition) is 1. The van der Waals surface area contributed by atoms with Gasteiger partial charge in [0.25, 0.3) is 0 Å². The maximum atomic E-state index is 12.6. The zero-order valence-corrected chi connectivity index (χ0v) is 15.1. The van der Waals surface area contributed by atoms with Crippen LogP contribution in [0.25, 0.3) is 5.57 Å². The molecule has 0 spiro atoms. The summed E-state index contributed by atoms with van der Waals surface area (Å²) in [6.45, 7) is 5.82. The van der Waals surface area contributed by atoms with Crippen LogP contribution in [-0.4, -0.2) is 31.8 Å². The van der Waals surface area contributed by atoms with E-state index in [4.69, 9.17) is 9.47 Å². The van der Waals surface area contributed by atoms with E-state index in [0.29, 0.717) is 13.2 Å². The van der Waals surface area contributed by atoms with Crippen molar-refractivity contribution in [1.82, 2.24) is 5.32 Å². The van der Waals surface area contributed by atoms with Gasteiger partial charge in [-0.3, -0.25) is 4.79 Å². The van der Waals surface area contributed by atoms with E-state index in [2.05, 4.69) is 17.4 Å². The summed E-state index contributed by atoms with van der Waals surface area (Å²) in [6, 6.07) is 10.4. The van der Waals surface area contributed by atoms with E-state index in [9.17, 15) is 4.79 Å². The van der Waals surface area contributed by atoms with Gasteiger partial charge in [-0.05, 0) is 62.4 Å². The smallest absolute Gasteiger partial charge is 0.313 e. The molecule has 2 aliphatic rings. The van der Waals surface area contributed by atoms with Gasteiger partial charge in [-0.2, -0.15) is 0 Å². The van der Waals surface area contributed by atoms with Crippen LogP contribution in [0.3, 0.4) is 0 Å². The Bertz CT molecular complexity index is 665. The van der Waals surface area contributed by atoms with E-state index in [1.807, 2.05) is 38.1 Å². The lowest BCUT2D eigenvalue weighted by atomic mass is 9.73. The van der Waals surface area contributed by atoms with Gasteiger partial charge in [0, 0.05) is 6.04 Å². The highest BCUT2D eigenvalue weighted by Crippen LogP contribution is 2.37. The van der Waals surface area contributed by atoms with Gasteiger partial charge in [0.15, 0.2) is 0 Å². The van der Waals surface area contributed by atoms with Gasteiger partial charge in [-0.25, -0.2) is 0 Å². The fourth-order valence-electron chi connectivity index (χ4n) is 3.76.